The molecule has 2 N–H and O–H groups in total. The van der Waals surface area contributed by atoms with E-state index in [1.807, 2.05) is 0 Å². The van der Waals surface area contributed by atoms with E-state index in [0.29, 0.717) is 5.70 Å². The van der Waals surface area contributed by atoms with Crippen LogP contribution >= 0.6 is 0 Å². The number of hydrogen-bond acceptors (Lipinski definition) is 4. The van der Waals surface area contributed by atoms with E-state index >= 15 is 0 Å². The van der Waals surface area contributed by atoms with Crippen LogP contribution in [0.25, 0.3) is 0 Å². The molecule has 1 atom stereocenters. The molecule has 1 aliphatic heterocycles. The van der Waals surface area contributed by atoms with Crippen molar-refractivity contribution in [1.29, 1.82) is 0 Å². The van der Waals surface area contributed by atoms with E-state index in [1.54, 1.807) is 6.92 Å². The number of nitrogens with two attached hydrogens (primary N) is 1. The van der Waals surface area contributed by atoms with Crippen LogP contribution in [-0.4, -0.2) is 11.9 Å². The van der Waals surface area contributed by atoms with Gasteiger partial charge in [-0.2, -0.15) is 10.2 Å². The molecule has 0 aliphatic carbocycles. The van der Waals surface area contributed by atoms with Gasteiger partial charge in [0.2, 0.25) is 0 Å². The quantitative estimate of drug-likeness (QED) is 0.502. The third-order valence-corrected chi connectivity index (χ3v) is 0.983. The molecule has 0 radical (unpaired) electrons. The highest BCUT2D eigenvalue weighted by Crippen LogP contribution is 2.04. The Hall–Kier alpha value is -1.03. The van der Waals surface area contributed by atoms with Gasteiger partial charge in [-0.25, -0.2) is 0 Å². The predicted molar refractivity (Wildman–Crippen MR) is 31.6 cm³/mol. The molecule has 0 aromatic carbocycles. The molecule has 0 bridgehead atoms. The third-order valence-electron chi connectivity index (χ3n) is 0.983. The van der Waals surface area contributed by atoms with E-state index in [9.17, 15) is 4.79 Å². The van der Waals surface area contributed by atoms with Gasteiger partial charge >= 0.3 is 0 Å². The maximum atomic E-state index is 10.6. The van der Waals surface area contributed by atoms with Crippen molar-refractivity contribution in [3.63, 3.8) is 0 Å². The molecule has 0 fully saturated rings. The van der Waals surface area contributed by atoms with Crippen molar-refractivity contribution in [2.45, 2.75) is 13.1 Å². The van der Waals surface area contributed by atoms with Crippen molar-refractivity contribution in [2.24, 2.45) is 16.0 Å². The molecule has 48 valence electrons. The van der Waals surface area contributed by atoms with E-state index < -0.39 is 6.17 Å². The summed E-state index contributed by atoms with van der Waals surface area (Å²) in [6.07, 6.45) is 0.617. The van der Waals surface area contributed by atoms with Crippen LogP contribution in [0.5, 0.6) is 0 Å². The van der Waals surface area contributed by atoms with Gasteiger partial charge in [0.1, 0.15) is 0 Å². The maximum Gasteiger partial charge on any atom is 0.198 e. The zero-order chi connectivity index (χ0) is 6.85. The van der Waals surface area contributed by atoms with Crippen LogP contribution in [0.1, 0.15) is 6.92 Å². The summed E-state index contributed by atoms with van der Waals surface area (Å²) in [6.45, 7) is 1.70. The fraction of sp³-hybridized carbons (Fsp3) is 0.400. The summed E-state index contributed by atoms with van der Waals surface area (Å²) in [6, 6.07) is 0. The molecule has 0 aromatic rings. The van der Waals surface area contributed by atoms with Crippen molar-refractivity contribution in [1.82, 2.24) is 0 Å². The Bertz CT molecular complexity index is 194. The molecule has 0 aromatic heterocycles. The zero-order valence-electron chi connectivity index (χ0n) is 5.03. The maximum absolute atomic E-state index is 10.6. The van der Waals surface area contributed by atoms with Crippen LogP contribution in [0.2, 0.25) is 0 Å². The first-order valence-electron chi connectivity index (χ1n) is 2.59. The van der Waals surface area contributed by atoms with Gasteiger partial charge in [0.05, 0.1) is 5.70 Å². The second-order valence-electron chi connectivity index (χ2n) is 1.85. The molecule has 1 heterocycles. The monoisotopic (exact) mass is 125 g/mol. The lowest BCUT2D eigenvalue weighted by atomic mass is 10.2. The van der Waals surface area contributed by atoms with Gasteiger partial charge in [-0.1, -0.05) is 0 Å². The smallest absolute Gasteiger partial charge is 0.198 e. The van der Waals surface area contributed by atoms with Crippen molar-refractivity contribution < 1.29 is 4.79 Å². The molecule has 0 saturated heterocycles. The third kappa shape index (κ3) is 1.20. The number of carbonyl (C=O) groups excluding carboxylic acids is 1. The SMILES string of the molecule is CC1=CC(=O)C(N)N=N1. The van der Waals surface area contributed by atoms with Gasteiger partial charge in [0.25, 0.3) is 0 Å². The molecule has 1 unspecified atom stereocenters. The second kappa shape index (κ2) is 2.06. The lowest BCUT2D eigenvalue weighted by Gasteiger charge is -2.04. The first-order chi connectivity index (χ1) is 4.20. The Morgan fingerprint density at radius 1 is 1.78 bits per heavy atom. The minimum atomic E-state index is -0.770. The van der Waals surface area contributed by atoms with Crippen LogP contribution in [-0.2, 0) is 4.79 Å². The second-order valence-corrected chi connectivity index (χ2v) is 1.85. The Morgan fingerprint density at radius 3 is 2.89 bits per heavy atom. The Balaban J connectivity index is 2.82. The lowest BCUT2D eigenvalue weighted by molar-refractivity contribution is -0.116. The molecule has 4 nitrogen and oxygen atoms in total. The molecule has 1 rings (SSSR count). The number of rotatable bonds is 0. The average Bonchev–Trinajstić information content (AvgIpc) is 1.80. The van der Waals surface area contributed by atoms with Crippen molar-refractivity contribution >= 4 is 5.78 Å². The van der Waals surface area contributed by atoms with Gasteiger partial charge in [-0.3, -0.25) is 4.79 Å². The van der Waals surface area contributed by atoms with Crippen molar-refractivity contribution in [3.05, 3.63) is 11.8 Å². The molecule has 9 heavy (non-hydrogen) atoms. The summed E-state index contributed by atoms with van der Waals surface area (Å²) in [4.78, 5) is 10.6. The predicted octanol–water partition coefficient (Wildman–Crippen LogP) is 0.210. The van der Waals surface area contributed by atoms with Crippen LogP contribution in [0, 0.1) is 0 Å². The normalized spacial score (nSPS) is 26.2. The van der Waals surface area contributed by atoms with Crippen LogP contribution in [0.3, 0.4) is 0 Å². The van der Waals surface area contributed by atoms with E-state index in [4.69, 9.17) is 5.73 Å². The van der Waals surface area contributed by atoms with E-state index in [-0.39, 0.29) is 5.78 Å². The molecule has 0 spiro atoms. The van der Waals surface area contributed by atoms with Gasteiger partial charge in [0, 0.05) is 6.08 Å². The van der Waals surface area contributed by atoms with E-state index in [1.165, 1.54) is 6.08 Å². The summed E-state index contributed by atoms with van der Waals surface area (Å²) in [7, 11) is 0. The summed E-state index contributed by atoms with van der Waals surface area (Å²) in [5.41, 5.74) is 5.80. The van der Waals surface area contributed by atoms with Crippen molar-refractivity contribution in [3.8, 4) is 0 Å². The van der Waals surface area contributed by atoms with Gasteiger partial charge in [0.15, 0.2) is 11.9 Å². The number of ketones is 1. The molecular formula is C5H7N3O. The fourth-order valence-electron chi connectivity index (χ4n) is 0.530. The van der Waals surface area contributed by atoms with Crippen LogP contribution in [0.4, 0.5) is 0 Å². The van der Waals surface area contributed by atoms with Gasteiger partial charge in [-0.15, -0.1) is 0 Å². The minimum Gasteiger partial charge on any atom is -0.302 e. The van der Waals surface area contributed by atoms with E-state index in [0.717, 1.165) is 0 Å². The molecule has 4 heteroatoms. The molecule has 0 amide bonds. The number of nitrogens with zero attached hydrogens (tertiary/aromatic N) is 2. The fourth-order valence-corrected chi connectivity index (χ4v) is 0.530. The largest absolute Gasteiger partial charge is 0.302 e. The summed E-state index contributed by atoms with van der Waals surface area (Å²) in [5.74, 6) is -0.178. The average molecular weight is 125 g/mol. The zero-order valence-corrected chi connectivity index (χ0v) is 5.03. The first-order valence-corrected chi connectivity index (χ1v) is 2.59. The molecule has 0 saturated carbocycles. The van der Waals surface area contributed by atoms with E-state index in [2.05, 4.69) is 10.2 Å². The molecular weight excluding hydrogens is 118 g/mol. The summed E-state index contributed by atoms with van der Waals surface area (Å²) < 4.78 is 0. The number of azo groups is 1. The highest BCUT2D eigenvalue weighted by atomic mass is 16.1. The first kappa shape index (κ1) is 6.10. The topological polar surface area (TPSA) is 67.8 Å². The van der Waals surface area contributed by atoms with Crippen LogP contribution < -0.4 is 5.73 Å². The summed E-state index contributed by atoms with van der Waals surface area (Å²) in [5, 5.41) is 7.08. The van der Waals surface area contributed by atoms with Gasteiger partial charge in [-0.05, 0) is 6.92 Å². The Morgan fingerprint density at radius 2 is 2.44 bits per heavy atom. The number of carbonyl (C=O) groups is 1. The summed E-state index contributed by atoms with van der Waals surface area (Å²) >= 11 is 0. The lowest BCUT2D eigenvalue weighted by Crippen LogP contribution is -2.27. The Labute approximate surface area is 52.5 Å². The standard InChI is InChI=1S/C5H7N3O/c1-3-2-4(9)5(6)8-7-3/h2,5H,6H2,1H3. The number of allylic oxidation sites excluding steroid dienone is 1. The highest BCUT2D eigenvalue weighted by molar-refractivity contribution is 5.94. The molecule has 1 aliphatic rings. The van der Waals surface area contributed by atoms with Gasteiger partial charge < -0.3 is 5.73 Å². The minimum absolute atomic E-state index is 0.178. The Kier molecular flexibility index (Phi) is 1.40. The van der Waals surface area contributed by atoms with Crippen LogP contribution in [0.15, 0.2) is 22.0 Å². The van der Waals surface area contributed by atoms with Crippen molar-refractivity contribution in [2.75, 3.05) is 0 Å². The number of hydrogen-bond donors (Lipinski definition) is 1. The highest BCUT2D eigenvalue weighted by Gasteiger charge is 2.12.